The Labute approximate surface area is 128 Å². The van der Waals surface area contributed by atoms with E-state index in [9.17, 15) is 14.7 Å². The number of hydrogen-bond donors (Lipinski definition) is 2. The highest BCUT2D eigenvalue weighted by Crippen LogP contribution is 2.25. The molecular formula is C16H19N3O3. The lowest BCUT2D eigenvalue weighted by molar-refractivity contribution is -0.148. The Morgan fingerprint density at radius 2 is 2.18 bits per heavy atom. The lowest BCUT2D eigenvalue weighted by Crippen LogP contribution is -2.49. The summed E-state index contributed by atoms with van der Waals surface area (Å²) < 4.78 is 0. The minimum atomic E-state index is -0.822. The zero-order chi connectivity index (χ0) is 15.7. The second-order valence-electron chi connectivity index (χ2n) is 5.81. The molecule has 1 aromatic heterocycles. The smallest absolute Gasteiger partial charge is 0.308 e. The second kappa shape index (κ2) is 5.79. The summed E-state index contributed by atoms with van der Waals surface area (Å²) in [4.78, 5) is 25.5. The van der Waals surface area contributed by atoms with Crippen molar-refractivity contribution < 1.29 is 14.7 Å². The largest absolute Gasteiger partial charge is 0.481 e. The number of piperidine rings is 1. The third kappa shape index (κ3) is 2.56. The molecule has 1 aliphatic heterocycles. The highest BCUT2D eigenvalue weighted by molar-refractivity contribution is 5.87. The fourth-order valence-corrected chi connectivity index (χ4v) is 3.23. The van der Waals surface area contributed by atoms with Gasteiger partial charge in [-0.05, 0) is 25.8 Å². The monoisotopic (exact) mass is 301 g/mol. The molecule has 1 saturated heterocycles. The van der Waals surface area contributed by atoms with Crippen molar-refractivity contribution in [2.24, 2.45) is 5.92 Å². The van der Waals surface area contributed by atoms with Gasteiger partial charge in [0.15, 0.2) is 0 Å². The van der Waals surface area contributed by atoms with Crippen LogP contribution in [0.15, 0.2) is 24.3 Å². The van der Waals surface area contributed by atoms with Gasteiger partial charge in [0.25, 0.3) is 0 Å². The fraction of sp³-hybridized carbons (Fsp3) is 0.438. The number of amides is 1. The number of carbonyl (C=O) groups is 2. The number of aromatic amines is 1. The maximum Gasteiger partial charge on any atom is 0.308 e. The van der Waals surface area contributed by atoms with Gasteiger partial charge >= 0.3 is 5.97 Å². The van der Waals surface area contributed by atoms with E-state index in [0.29, 0.717) is 13.0 Å². The summed E-state index contributed by atoms with van der Waals surface area (Å²) in [5.74, 6) is -1.35. The molecule has 2 heterocycles. The SMILES string of the molecule is C[C@@H]1[C@H](C(=O)O)CCCN1C(=O)Cc1[nH]nc2ccccc12. The van der Waals surface area contributed by atoms with Crippen LogP contribution in [0.5, 0.6) is 0 Å². The molecule has 6 nitrogen and oxygen atoms in total. The number of nitrogens with zero attached hydrogens (tertiary/aromatic N) is 2. The van der Waals surface area contributed by atoms with Gasteiger partial charge in [0, 0.05) is 18.0 Å². The van der Waals surface area contributed by atoms with Crippen molar-refractivity contribution in [3.05, 3.63) is 30.0 Å². The van der Waals surface area contributed by atoms with Gasteiger partial charge < -0.3 is 10.0 Å². The van der Waals surface area contributed by atoms with Crippen molar-refractivity contribution in [2.45, 2.75) is 32.2 Å². The number of carbonyl (C=O) groups excluding carboxylic acids is 1. The van der Waals surface area contributed by atoms with Gasteiger partial charge in [0.1, 0.15) is 0 Å². The Hall–Kier alpha value is -2.37. The first kappa shape index (κ1) is 14.6. The average molecular weight is 301 g/mol. The van der Waals surface area contributed by atoms with E-state index >= 15 is 0 Å². The minimum absolute atomic E-state index is 0.0483. The van der Waals surface area contributed by atoms with E-state index in [1.165, 1.54) is 0 Å². The van der Waals surface area contributed by atoms with E-state index in [-0.39, 0.29) is 18.4 Å². The molecule has 2 N–H and O–H groups in total. The lowest BCUT2D eigenvalue weighted by atomic mass is 9.90. The first-order chi connectivity index (χ1) is 10.6. The van der Waals surface area contributed by atoms with Crippen molar-refractivity contribution in [1.29, 1.82) is 0 Å². The number of H-pyrrole nitrogens is 1. The number of carboxylic acid groups (broad SMARTS) is 1. The van der Waals surface area contributed by atoms with Crippen LogP contribution in [0.25, 0.3) is 10.9 Å². The number of likely N-dealkylation sites (tertiary alicyclic amines) is 1. The number of carboxylic acids is 1. The number of aliphatic carboxylic acids is 1. The standard InChI is InChI=1S/C16H19N3O3/c1-10-11(16(21)22)6-4-8-19(10)15(20)9-14-12-5-2-3-7-13(12)17-18-14/h2-3,5,7,10-11H,4,6,8-9H2,1H3,(H,17,18)(H,21,22)/t10-,11-/m1/s1. The minimum Gasteiger partial charge on any atom is -0.481 e. The van der Waals surface area contributed by atoms with Crippen molar-refractivity contribution in [3.8, 4) is 0 Å². The van der Waals surface area contributed by atoms with Gasteiger partial charge in [-0.25, -0.2) is 0 Å². The normalized spacial score (nSPS) is 22.0. The molecule has 0 saturated carbocycles. The highest BCUT2D eigenvalue weighted by Gasteiger charge is 2.35. The van der Waals surface area contributed by atoms with Gasteiger partial charge in [0.05, 0.1) is 23.5 Å². The Morgan fingerprint density at radius 3 is 2.95 bits per heavy atom. The van der Waals surface area contributed by atoms with Crippen LogP contribution in [-0.2, 0) is 16.0 Å². The van der Waals surface area contributed by atoms with Gasteiger partial charge in [0.2, 0.25) is 5.91 Å². The van der Waals surface area contributed by atoms with E-state index in [0.717, 1.165) is 23.0 Å². The zero-order valence-corrected chi connectivity index (χ0v) is 12.5. The average Bonchev–Trinajstić information content (AvgIpc) is 2.90. The summed E-state index contributed by atoms with van der Waals surface area (Å²) in [5, 5.41) is 17.3. The van der Waals surface area contributed by atoms with Crippen LogP contribution in [0.2, 0.25) is 0 Å². The topological polar surface area (TPSA) is 86.3 Å². The van der Waals surface area contributed by atoms with Crippen LogP contribution >= 0.6 is 0 Å². The maximum atomic E-state index is 12.6. The van der Waals surface area contributed by atoms with Crippen molar-refractivity contribution in [3.63, 3.8) is 0 Å². The van der Waals surface area contributed by atoms with Crippen LogP contribution in [0.3, 0.4) is 0 Å². The van der Waals surface area contributed by atoms with E-state index in [1.807, 2.05) is 31.2 Å². The molecule has 3 rings (SSSR count). The molecule has 0 unspecified atom stereocenters. The molecule has 22 heavy (non-hydrogen) atoms. The zero-order valence-electron chi connectivity index (χ0n) is 12.5. The first-order valence-corrected chi connectivity index (χ1v) is 7.52. The van der Waals surface area contributed by atoms with Crippen molar-refractivity contribution >= 4 is 22.8 Å². The number of benzene rings is 1. The molecule has 0 aliphatic carbocycles. The summed E-state index contributed by atoms with van der Waals surface area (Å²) >= 11 is 0. The van der Waals surface area contributed by atoms with Gasteiger partial charge in [-0.3, -0.25) is 14.7 Å². The molecule has 1 aliphatic rings. The van der Waals surface area contributed by atoms with Crippen LogP contribution < -0.4 is 0 Å². The molecule has 2 atom stereocenters. The summed E-state index contributed by atoms with van der Waals surface area (Å²) in [6.07, 6.45) is 1.58. The molecule has 1 aromatic carbocycles. The molecule has 1 amide bonds. The predicted octanol–water partition coefficient (Wildman–Crippen LogP) is 1.82. The quantitative estimate of drug-likeness (QED) is 0.905. The van der Waals surface area contributed by atoms with Gasteiger partial charge in [-0.1, -0.05) is 18.2 Å². The Balaban J connectivity index is 1.78. The van der Waals surface area contributed by atoms with Crippen LogP contribution in [0.4, 0.5) is 0 Å². The summed E-state index contributed by atoms with van der Waals surface area (Å²) in [6, 6.07) is 7.37. The van der Waals surface area contributed by atoms with Crippen molar-refractivity contribution in [2.75, 3.05) is 6.54 Å². The van der Waals surface area contributed by atoms with Gasteiger partial charge in [-0.2, -0.15) is 5.10 Å². The fourth-order valence-electron chi connectivity index (χ4n) is 3.23. The Kier molecular flexibility index (Phi) is 3.83. The first-order valence-electron chi connectivity index (χ1n) is 7.52. The third-order valence-corrected chi connectivity index (χ3v) is 4.49. The number of aromatic nitrogens is 2. The number of para-hydroxylation sites is 1. The maximum absolute atomic E-state index is 12.6. The molecular weight excluding hydrogens is 282 g/mol. The Morgan fingerprint density at radius 1 is 1.41 bits per heavy atom. The summed E-state index contributed by atoms with van der Waals surface area (Å²) in [5.41, 5.74) is 1.62. The number of fused-ring (bicyclic) bond motifs is 1. The molecule has 0 radical (unpaired) electrons. The van der Waals surface area contributed by atoms with Crippen LogP contribution in [-0.4, -0.2) is 44.7 Å². The van der Waals surface area contributed by atoms with Gasteiger partial charge in [-0.15, -0.1) is 0 Å². The second-order valence-corrected chi connectivity index (χ2v) is 5.81. The number of hydrogen-bond acceptors (Lipinski definition) is 3. The predicted molar refractivity (Wildman–Crippen MR) is 81.3 cm³/mol. The van der Waals surface area contributed by atoms with E-state index < -0.39 is 11.9 Å². The van der Waals surface area contributed by atoms with E-state index in [2.05, 4.69) is 10.2 Å². The lowest BCUT2D eigenvalue weighted by Gasteiger charge is -2.37. The van der Waals surface area contributed by atoms with Crippen molar-refractivity contribution in [1.82, 2.24) is 15.1 Å². The summed E-state index contributed by atoms with van der Waals surface area (Å²) in [6.45, 7) is 2.44. The van der Waals surface area contributed by atoms with Crippen LogP contribution in [0.1, 0.15) is 25.5 Å². The van der Waals surface area contributed by atoms with E-state index in [4.69, 9.17) is 0 Å². The highest BCUT2D eigenvalue weighted by atomic mass is 16.4. The molecule has 0 spiro atoms. The molecule has 1 fully saturated rings. The third-order valence-electron chi connectivity index (χ3n) is 4.49. The molecule has 0 bridgehead atoms. The Bertz CT molecular complexity index is 709. The molecule has 6 heteroatoms. The van der Waals surface area contributed by atoms with E-state index in [1.54, 1.807) is 4.90 Å². The van der Waals surface area contributed by atoms with Crippen LogP contribution in [0, 0.1) is 5.92 Å². The number of nitrogens with one attached hydrogen (secondary N) is 1. The number of rotatable bonds is 3. The molecule has 2 aromatic rings. The summed E-state index contributed by atoms with van der Waals surface area (Å²) in [7, 11) is 0. The molecule has 116 valence electrons.